The molecule has 0 radical (unpaired) electrons. The number of amides is 3. The van der Waals surface area contributed by atoms with Crippen molar-refractivity contribution >= 4 is 34.7 Å². The van der Waals surface area contributed by atoms with Crippen LogP contribution in [0.5, 0.6) is 0 Å². The highest BCUT2D eigenvalue weighted by Gasteiger charge is 2.31. The SMILES string of the molecule is CNCC(=O)Nc1ccc(N2C(=O)N(CCc3ccccc3)C/N=C(/C3CCCCC3)c3ccccc32)cc1. The van der Waals surface area contributed by atoms with Gasteiger partial charge in [-0.3, -0.25) is 14.7 Å². The average Bonchev–Trinajstić information content (AvgIpc) is 2.97. The van der Waals surface area contributed by atoms with Gasteiger partial charge in [0.1, 0.15) is 6.67 Å². The van der Waals surface area contributed by atoms with Crippen LogP contribution in [0, 0.1) is 5.92 Å². The van der Waals surface area contributed by atoms with E-state index >= 15 is 0 Å². The fourth-order valence-corrected chi connectivity index (χ4v) is 5.55. The number of carbonyl (C=O) groups excluding carboxylic acids is 2. The predicted octanol–water partition coefficient (Wildman–Crippen LogP) is 5.99. The number of anilines is 3. The predicted molar refractivity (Wildman–Crippen MR) is 158 cm³/mol. The second kappa shape index (κ2) is 12.7. The van der Waals surface area contributed by atoms with E-state index in [1.807, 2.05) is 70.5 Å². The molecule has 3 aromatic carbocycles. The van der Waals surface area contributed by atoms with Crippen molar-refractivity contribution in [1.82, 2.24) is 10.2 Å². The molecular weight excluding hydrogens is 486 g/mol. The first-order chi connectivity index (χ1) is 19.1. The zero-order valence-corrected chi connectivity index (χ0v) is 22.6. The molecule has 2 aliphatic rings. The van der Waals surface area contributed by atoms with E-state index in [9.17, 15) is 9.59 Å². The maximum absolute atomic E-state index is 14.2. The molecule has 3 aromatic rings. The van der Waals surface area contributed by atoms with Crippen molar-refractivity contribution in [3.8, 4) is 0 Å². The smallest absolute Gasteiger partial charge is 0.325 e. The second-order valence-electron chi connectivity index (χ2n) is 10.3. The van der Waals surface area contributed by atoms with Gasteiger partial charge in [-0.25, -0.2) is 4.79 Å². The first-order valence-electron chi connectivity index (χ1n) is 14.0. The molecule has 202 valence electrons. The Balaban J connectivity index is 1.52. The third-order valence-corrected chi connectivity index (χ3v) is 7.55. The lowest BCUT2D eigenvalue weighted by Gasteiger charge is -2.35. The largest absolute Gasteiger partial charge is 0.330 e. The summed E-state index contributed by atoms with van der Waals surface area (Å²) in [6.07, 6.45) is 6.72. The fraction of sp³-hybridized carbons (Fsp3) is 0.344. The van der Waals surface area contributed by atoms with Crippen LogP contribution in [0.25, 0.3) is 0 Å². The maximum Gasteiger partial charge on any atom is 0.330 e. The van der Waals surface area contributed by atoms with Crippen LogP contribution in [0.4, 0.5) is 21.9 Å². The van der Waals surface area contributed by atoms with Gasteiger partial charge < -0.3 is 15.5 Å². The quantitative estimate of drug-likeness (QED) is 0.381. The normalized spacial score (nSPS) is 17.6. The van der Waals surface area contributed by atoms with Crippen LogP contribution >= 0.6 is 0 Å². The number of nitrogens with one attached hydrogen (secondary N) is 2. The van der Waals surface area contributed by atoms with E-state index < -0.39 is 0 Å². The minimum absolute atomic E-state index is 0.100. The molecule has 0 unspecified atom stereocenters. The van der Waals surface area contributed by atoms with Gasteiger partial charge in [0.25, 0.3) is 0 Å². The molecule has 1 heterocycles. The summed E-state index contributed by atoms with van der Waals surface area (Å²) >= 11 is 0. The Morgan fingerprint density at radius 3 is 2.38 bits per heavy atom. The van der Waals surface area contributed by atoms with Gasteiger partial charge in [0.05, 0.1) is 17.9 Å². The van der Waals surface area contributed by atoms with Gasteiger partial charge in [-0.05, 0) is 62.2 Å². The van der Waals surface area contributed by atoms with Crippen LogP contribution in [0.15, 0.2) is 83.9 Å². The van der Waals surface area contributed by atoms with Gasteiger partial charge in [-0.15, -0.1) is 0 Å². The molecule has 2 N–H and O–H groups in total. The van der Waals surface area contributed by atoms with Crippen LogP contribution in [-0.2, 0) is 11.2 Å². The number of carbonyl (C=O) groups is 2. The van der Waals surface area contributed by atoms with Crippen LogP contribution in [0.2, 0.25) is 0 Å². The molecule has 5 rings (SSSR count). The second-order valence-corrected chi connectivity index (χ2v) is 10.3. The highest BCUT2D eigenvalue weighted by Crippen LogP contribution is 2.36. The van der Waals surface area contributed by atoms with Gasteiger partial charge in [-0.1, -0.05) is 67.8 Å². The number of likely N-dealkylation sites (N-methyl/N-ethyl adjacent to an activating group) is 1. The van der Waals surface area contributed by atoms with Crippen LogP contribution < -0.4 is 15.5 Å². The number of benzene rings is 3. The summed E-state index contributed by atoms with van der Waals surface area (Å²) in [5, 5.41) is 5.75. The highest BCUT2D eigenvalue weighted by molar-refractivity contribution is 6.12. The van der Waals surface area contributed by atoms with Crippen molar-refractivity contribution in [3.05, 3.63) is 90.0 Å². The Morgan fingerprint density at radius 2 is 1.64 bits per heavy atom. The van der Waals surface area contributed by atoms with Crippen molar-refractivity contribution in [1.29, 1.82) is 0 Å². The Labute approximate surface area is 230 Å². The summed E-state index contributed by atoms with van der Waals surface area (Å²) in [5.41, 5.74) is 5.64. The van der Waals surface area contributed by atoms with Gasteiger partial charge in [0, 0.05) is 29.4 Å². The number of hydrogen-bond acceptors (Lipinski definition) is 4. The minimum atomic E-state index is -0.113. The van der Waals surface area contributed by atoms with Crippen molar-refractivity contribution in [2.24, 2.45) is 10.9 Å². The number of para-hydroxylation sites is 1. The van der Waals surface area contributed by atoms with Gasteiger partial charge in [-0.2, -0.15) is 0 Å². The van der Waals surface area contributed by atoms with Crippen LogP contribution in [0.3, 0.4) is 0 Å². The van der Waals surface area contributed by atoms with E-state index in [1.165, 1.54) is 24.8 Å². The summed E-state index contributed by atoms with van der Waals surface area (Å²) in [7, 11) is 1.74. The first-order valence-corrected chi connectivity index (χ1v) is 14.0. The lowest BCUT2D eigenvalue weighted by atomic mass is 9.82. The van der Waals surface area contributed by atoms with Crippen molar-refractivity contribution in [3.63, 3.8) is 0 Å². The molecule has 7 nitrogen and oxygen atoms in total. The van der Waals surface area contributed by atoms with Crippen LogP contribution in [-0.4, -0.2) is 49.4 Å². The molecule has 1 fully saturated rings. The zero-order valence-electron chi connectivity index (χ0n) is 22.6. The topological polar surface area (TPSA) is 77.0 Å². The standard InChI is InChI=1S/C32H37N5O2/c1-33-22-30(38)35-26-16-18-27(19-17-26)37-29-15-9-8-14-28(29)31(25-12-6-3-7-13-25)34-23-36(32(37)39)21-20-24-10-4-2-5-11-24/h2,4-5,8-11,14-19,25,33H,3,6-7,12-13,20-23H2,1H3,(H,35,38)/b34-31-. The summed E-state index contributed by atoms with van der Waals surface area (Å²) in [4.78, 5) is 35.1. The molecular formula is C32H37N5O2. The van der Waals surface area contributed by atoms with E-state index in [-0.39, 0.29) is 18.5 Å². The van der Waals surface area contributed by atoms with Gasteiger partial charge >= 0.3 is 6.03 Å². The number of nitrogens with zero attached hydrogens (tertiary/aromatic N) is 3. The molecule has 7 heteroatoms. The van der Waals surface area contributed by atoms with Crippen molar-refractivity contribution in [2.75, 3.05) is 37.0 Å². The lowest BCUT2D eigenvalue weighted by Crippen LogP contribution is -2.44. The van der Waals surface area contributed by atoms with E-state index in [1.54, 1.807) is 7.05 Å². The van der Waals surface area contributed by atoms with Crippen LogP contribution in [0.1, 0.15) is 43.2 Å². The molecule has 0 aromatic heterocycles. The van der Waals surface area contributed by atoms with E-state index in [2.05, 4.69) is 28.8 Å². The number of rotatable bonds is 8. The number of hydrogen-bond donors (Lipinski definition) is 2. The molecule has 0 bridgehead atoms. The van der Waals surface area contributed by atoms with Gasteiger partial charge in [0.2, 0.25) is 5.91 Å². The summed E-state index contributed by atoms with van der Waals surface area (Å²) in [6, 6.07) is 25.8. The zero-order chi connectivity index (χ0) is 27.0. The third-order valence-electron chi connectivity index (χ3n) is 7.55. The van der Waals surface area contributed by atoms with E-state index in [0.29, 0.717) is 24.8 Å². The third kappa shape index (κ3) is 6.37. The van der Waals surface area contributed by atoms with Gasteiger partial charge in [0.15, 0.2) is 0 Å². The summed E-state index contributed by atoms with van der Waals surface area (Å²) in [5.74, 6) is 0.286. The first kappa shape index (κ1) is 26.6. The number of urea groups is 1. The molecule has 3 amide bonds. The Morgan fingerprint density at radius 1 is 0.923 bits per heavy atom. The molecule has 1 saturated carbocycles. The summed E-state index contributed by atoms with van der Waals surface area (Å²) in [6.45, 7) is 1.14. The Bertz CT molecular complexity index is 1300. The Hall–Kier alpha value is -3.97. The Kier molecular flexibility index (Phi) is 8.68. The maximum atomic E-state index is 14.2. The lowest BCUT2D eigenvalue weighted by molar-refractivity contribution is -0.115. The monoisotopic (exact) mass is 523 g/mol. The molecule has 0 saturated heterocycles. The summed E-state index contributed by atoms with van der Waals surface area (Å²) < 4.78 is 0. The van der Waals surface area contributed by atoms with Crippen molar-refractivity contribution < 1.29 is 9.59 Å². The molecule has 1 aliphatic heterocycles. The van der Waals surface area contributed by atoms with E-state index in [0.717, 1.165) is 41.9 Å². The number of aliphatic imine (C=N–C) groups is 1. The van der Waals surface area contributed by atoms with E-state index in [4.69, 9.17) is 4.99 Å². The average molecular weight is 524 g/mol. The molecule has 1 aliphatic carbocycles. The molecule has 39 heavy (non-hydrogen) atoms. The number of fused-ring (bicyclic) bond motifs is 1. The van der Waals surface area contributed by atoms with Crippen molar-refractivity contribution in [2.45, 2.75) is 38.5 Å². The highest BCUT2D eigenvalue weighted by atomic mass is 16.2. The molecule has 0 atom stereocenters. The molecule has 0 spiro atoms. The minimum Gasteiger partial charge on any atom is -0.325 e. The fourth-order valence-electron chi connectivity index (χ4n) is 5.55.